The second-order valence-electron chi connectivity index (χ2n) is 4.83. The molecule has 1 N–H and O–H groups in total. The first-order valence-electron chi connectivity index (χ1n) is 6.89. The minimum atomic E-state index is -0.0909. The Morgan fingerprint density at radius 2 is 1.71 bits per heavy atom. The fraction of sp³-hybridized carbons (Fsp3) is 0.235. The molecule has 0 saturated heterocycles. The predicted molar refractivity (Wildman–Crippen MR) is 89.0 cm³/mol. The molecule has 1 amide bonds. The third-order valence-corrected chi connectivity index (χ3v) is 3.87. The van der Waals surface area contributed by atoms with Gasteiger partial charge in [-0.3, -0.25) is 4.79 Å². The minimum absolute atomic E-state index is 0.0150. The van der Waals surface area contributed by atoms with Crippen molar-refractivity contribution >= 4 is 34.8 Å². The molecule has 2 nitrogen and oxygen atoms in total. The number of hydrogen-bond acceptors (Lipinski definition) is 1. The van der Waals surface area contributed by atoms with Crippen LogP contribution in [0.25, 0.3) is 0 Å². The summed E-state index contributed by atoms with van der Waals surface area (Å²) in [7, 11) is 0. The number of benzene rings is 2. The van der Waals surface area contributed by atoms with Crippen LogP contribution >= 0.6 is 23.2 Å². The van der Waals surface area contributed by atoms with Gasteiger partial charge in [-0.1, -0.05) is 41.9 Å². The lowest BCUT2D eigenvalue weighted by Gasteiger charge is -2.10. The van der Waals surface area contributed by atoms with Crippen LogP contribution in [0.1, 0.15) is 30.2 Å². The number of alkyl halides is 1. The maximum Gasteiger partial charge on any atom is 0.224 e. The van der Waals surface area contributed by atoms with E-state index in [0.717, 1.165) is 24.1 Å². The van der Waals surface area contributed by atoms with Crippen molar-refractivity contribution in [3.05, 3.63) is 65.2 Å². The van der Waals surface area contributed by atoms with Crippen LogP contribution in [0.4, 0.5) is 5.69 Å². The highest BCUT2D eigenvalue weighted by molar-refractivity contribution is 6.30. The molecule has 2 rings (SSSR count). The van der Waals surface area contributed by atoms with E-state index in [1.807, 2.05) is 54.6 Å². The van der Waals surface area contributed by atoms with Crippen molar-refractivity contribution in [2.45, 2.75) is 24.6 Å². The molecule has 0 aliphatic heterocycles. The number of carbonyl (C=O) groups is 1. The Kier molecular flexibility index (Phi) is 6.09. The molecule has 0 bridgehead atoms. The van der Waals surface area contributed by atoms with Gasteiger partial charge in [0.1, 0.15) is 0 Å². The molecule has 0 spiro atoms. The molecule has 1 atom stereocenters. The summed E-state index contributed by atoms with van der Waals surface area (Å²) in [6.45, 7) is 0. The quantitative estimate of drug-likeness (QED) is 0.706. The summed E-state index contributed by atoms with van der Waals surface area (Å²) in [5.74, 6) is 0.0150. The van der Waals surface area contributed by atoms with E-state index in [1.165, 1.54) is 0 Å². The Hall–Kier alpha value is -1.51. The molecule has 0 aromatic heterocycles. The maximum absolute atomic E-state index is 11.8. The lowest BCUT2D eigenvalue weighted by molar-refractivity contribution is -0.116. The molecule has 2 aromatic carbocycles. The van der Waals surface area contributed by atoms with Gasteiger partial charge in [-0.15, -0.1) is 11.6 Å². The zero-order valence-electron chi connectivity index (χ0n) is 11.6. The Bertz CT molecular complexity index is 569. The first kappa shape index (κ1) is 15.9. The fourth-order valence-corrected chi connectivity index (χ4v) is 2.45. The fourth-order valence-electron chi connectivity index (χ4n) is 2.03. The number of hydrogen-bond donors (Lipinski definition) is 1. The van der Waals surface area contributed by atoms with Crippen molar-refractivity contribution in [3.63, 3.8) is 0 Å². The maximum atomic E-state index is 11.8. The summed E-state index contributed by atoms with van der Waals surface area (Å²) >= 11 is 12.2. The lowest BCUT2D eigenvalue weighted by atomic mass is 10.1. The van der Waals surface area contributed by atoms with Gasteiger partial charge in [-0.25, -0.2) is 0 Å². The van der Waals surface area contributed by atoms with Gasteiger partial charge < -0.3 is 5.32 Å². The molecule has 0 aliphatic carbocycles. The van der Waals surface area contributed by atoms with E-state index in [0.29, 0.717) is 11.4 Å². The van der Waals surface area contributed by atoms with Crippen molar-refractivity contribution in [2.75, 3.05) is 5.32 Å². The largest absolute Gasteiger partial charge is 0.326 e. The Balaban J connectivity index is 1.73. The molecule has 4 heteroatoms. The van der Waals surface area contributed by atoms with Gasteiger partial charge in [0.2, 0.25) is 5.91 Å². The number of nitrogens with one attached hydrogen (secondary N) is 1. The smallest absolute Gasteiger partial charge is 0.224 e. The molecular formula is C17H17Cl2NO. The van der Waals surface area contributed by atoms with Gasteiger partial charge in [-0.05, 0) is 42.7 Å². The molecule has 21 heavy (non-hydrogen) atoms. The molecule has 0 fully saturated rings. The van der Waals surface area contributed by atoms with Crippen LogP contribution in [0.2, 0.25) is 5.02 Å². The summed E-state index contributed by atoms with van der Waals surface area (Å²) in [6, 6.07) is 16.9. The highest BCUT2D eigenvalue weighted by atomic mass is 35.5. The molecular weight excluding hydrogens is 305 g/mol. The number of para-hydroxylation sites is 1. The van der Waals surface area contributed by atoms with Crippen molar-refractivity contribution < 1.29 is 4.79 Å². The van der Waals surface area contributed by atoms with Gasteiger partial charge in [0.05, 0.1) is 5.38 Å². The number of amides is 1. The Morgan fingerprint density at radius 1 is 1.05 bits per heavy atom. The molecule has 0 saturated carbocycles. The van der Waals surface area contributed by atoms with Gasteiger partial charge in [0, 0.05) is 17.1 Å². The van der Waals surface area contributed by atoms with Crippen LogP contribution in [0.15, 0.2) is 54.6 Å². The van der Waals surface area contributed by atoms with E-state index in [2.05, 4.69) is 5.32 Å². The topological polar surface area (TPSA) is 29.1 Å². The van der Waals surface area contributed by atoms with Gasteiger partial charge in [-0.2, -0.15) is 0 Å². The standard InChI is InChI=1S/C17H17Cl2NO/c18-14-11-9-13(10-12-14)16(19)7-4-8-17(21)20-15-5-2-1-3-6-15/h1-3,5-6,9-12,16H,4,7-8H2,(H,20,21). The highest BCUT2D eigenvalue weighted by Gasteiger charge is 2.09. The lowest BCUT2D eigenvalue weighted by Crippen LogP contribution is -2.11. The van der Waals surface area contributed by atoms with Crippen molar-refractivity contribution in [1.29, 1.82) is 0 Å². The average Bonchev–Trinajstić information content (AvgIpc) is 2.49. The van der Waals surface area contributed by atoms with Gasteiger partial charge >= 0.3 is 0 Å². The van der Waals surface area contributed by atoms with E-state index in [-0.39, 0.29) is 11.3 Å². The number of anilines is 1. The van der Waals surface area contributed by atoms with E-state index in [4.69, 9.17) is 23.2 Å². The van der Waals surface area contributed by atoms with Crippen molar-refractivity contribution in [2.24, 2.45) is 0 Å². The second-order valence-corrected chi connectivity index (χ2v) is 5.79. The summed E-state index contributed by atoms with van der Waals surface area (Å²) < 4.78 is 0. The predicted octanol–water partition coefficient (Wildman–Crippen LogP) is 5.43. The Labute approximate surface area is 135 Å². The second kappa shape index (κ2) is 8.06. The molecule has 0 aliphatic rings. The van der Waals surface area contributed by atoms with Crippen molar-refractivity contribution in [1.82, 2.24) is 0 Å². The molecule has 2 aromatic rings. The zero-order chi connectivity index (χ0) is 15.1. The van der Waals surface area contributed by atoms with Crippen LogP contribution in [0.3, 0.4) is 0 Å². The van der Waals surface area contributed by atoms with Gasteiger partial charge in [0.15, 0.2) is 0 Å². The third-order valence-electron chi connectivity index (χ3n) is 3.15. The SMILES string of the molecule is O=C(CCCC(Cl)c1ccc(Cl)cc1)Nc1ccccc1. The number of halogens is 2. The van der Waals surface area contributed by atoms with Crippen LogP contribution in [0, 0.1) is 0 Å². The molecule has 1 unspecified atom stereocenters. The van der Waals surface area contributed by atoms with Crippen LogP contribution in [-0.4, -0.2) is 5.91 Å². The minimum Gasteiger partial charge on any atom is -0.326 e. The third kappa shape index (κ3) is 5.41. The average molecular weight is 322 g/mol. The van der Waals surface area contributed by atoms with Crippen molar-refractivity contribution in [3.8, 4) is 0 Å². The monoisotopic (exact) mass is 321 g/mol. The summed E-state index contributed by atoms with van der Waals surface area (Å²) in [5, 5.41) is 3.47. The number of carbonyl (C=O) groups excluding carboxylic acids is 1. The normalized spacial score (nSPS) is 11.9. The number of rotatable bonds is 6. The van der Waals surface area contributed by atoms with E-state index in [1.54, 1.807) is 0 Å². The first-order valence-corrected chi connectivity index (χ1v) is 7.71. The van der Waals surface area contributed by atoms with Crippen LogP contribution in [0.5, 0.6) is 0 Å². The Morgan fingerprint density at radius 3 is 2.38 bits per heavy atom. The molecule has 0 radical (unpaired) electrons. The van der Waals surface area contributed by atoms with Crippen LogP contribution < -0.4 is 5.32 Å². The molecule has 110 valence electrons. The van der Waals surface area contributed by atoms with Crippen LogP contribution in [-0.2, 0) is 4.79 Å². The highest BCUT2D eigenvalue weighted by Crippen LogP contribution is 2.27. The zero-order valence-corrected chi connectivity index (χ0v) is 13.1. The first-order chi connectivity index (χ1) is 10.1. The summed E-state index contributed by atoms with van der Waals surface area (Å²) in [6.07, 6.45) is 1.96. The molecule has 0 heterocycles. The summed E-state index contributed by atoms with van der Waals surface area (Å²) in [5.41, 5.74) is 1.85. The van der Waals surface area contributed by atoms with E-state index < -0.39 is 0 Å². The van der Waals surface area contributed by atoms with E-state index in [9.17, 15) is 4.79 Å². The summed E-state index contributed by atoms with van der Waals surface area (Å²) in [4.78, 5) is 11.8. The van der Waals surface area contributed by atoms with Gasteiger partial charge in [0.25, 0.3) is 0 Å². The van der Waals surface area contributed by atoms with E-state index >= 15 is 0 Å².